The molecule has 0 aliphatic rings. The van der Waals surface area contributed by atoms with Gasteiger partial charge in [-0.05, 0) is 37.6 Å². The quantitative estimate of drug-likeness (QED) is 0.306. The van der Waals surface area contributed by atoms with Gasteiger partial charge in [-0.1, -0.05) is 64.5 Å². The van der Waals surface area contributed by atoms with Crippen molar-refractivity contribution >= 4 is 56.7 Å². The molecular weight excluding hydrogens is 414 g/mol. The lowest BCUT2D eigenvalue weighted by atomic mass is 10.1. The number of carbonyl (C=O) groups is 1. The Balaban J connectivity index is 1.44. The van der Waals surface area contributed by atoms with E-state index in [0.717, 1.165) is 21.0 Å². The van der Waals surface area contributed by atoms with Crippen LogP contribution in [0, 0.1) is 13.8 Å². The average molecular weight is 430 g/mol. The molecular formula is C20H16ClN3O2S2. The van der Waals surface area contributed by atoms with E-state index in [0.29, 0.717) is 15.7 Å². The average Bonchev–Trinajstić information content (AvgIpc) is 3.26. The number of halogens is 1. The predicted octanol–water partition coefficient (Wildman–Crippen LogP) is 6.10. The number of benzene rings is 2. The van der Waals surface area contributed by atoms with Gasteiger partial charge in [0, 0.05) is 21.7 Å². The monoisotopic (exact) mass is 429 g/mol. The summed E-state index contributed by atoms with van der Waals surface area (Å²) in [5.74, 6) is 0.698. The first kappa shape index (κ1) is 19.0. The molecule has 0 radical (unpaired) electrons. The van der Waals surface area contributed by atoms with Crippen LogP contribution in [0.3, 0.4) is 0 Å². The van der Waals surface area contributed by atoms with E-state index in [1.165, 1.54) is 22.5 Å². The Hall–Kier alpha value is -2.35. The summed E-state index contributed by atoms with van der Waals surface area (Å²) < 4.78 is 6.49. The molecule has 4 aromatic rings. The van der Waals surface area contributed by atoms with Crippen LogP contribution in [0.5, 0.6) is 0 Å². The molecule has 8 heteroatoms. The molecule has 0 saturated heterocycles. The summed E-state index contributed by atoms with van der Waals surface area (Å²) in [5, 5.41) is 12.8. The van der Waals surface area contributed by atoms with Crippen molar-refractivity contribution < 1.29 is 9.21 Å². The molecule has 1 N–H and O–H groups in total. The first-order valence-corrected chi connectivity index (χ1v) is 10.7. The number of aromatic nitrogens is 2. The van der Waals surface area contributed by atoms with Gasteiger partial charge in [0.05, 0.1) is 0 Å². The molecule has 0 unspecified atom stereocenters. The highest BCUT2D eigenvalue weighted by atomic mass is 35.5. The van der Waals surface area contributed by atoms with E-state index in [9.17, 15) is 4.79 Å². The third-order valence-electron chi connectivity index (χ3n) is 4.21. The normalized spacial score (nSPS) is 11.1. The van der Waals surface area contributed by atoms with Gasteiger partial charge in [-0.25, -0.2) is 0 Å². The smallest absolute Gasteiger partial charge is 0.293 e. The first-order valence-electron chi connectivity index (χ1n) is 8.51. The van der Waals surface area contributed by atoms with Gasteiger partial charge in [0.1, 0.15) is 5.58 Å². The van der Waals surface area contributed by atoms with E-state index in [-0.39, 0.29) is 11.7 Å². The Kier molecular flexibility index (Phi) is 5.39. The number of fused-ring (bicyclic) bond motifs is 1. The summed E-state index contributed by atoms with van der Waals surface area (Å²) in [6, 6.07) is 13.7. The van der Waals surface area contributed by atoms with Gasteiger partial charge in [-0.2, -0.15) is 0 Å². The van der Waals surface area contributed by atoms with Crippen molar-refractivity contribution in [2.75, 3.05) is 5.32 Å². The molecule has 2 heterocycles. The zero-order chi connectivity index (χ0) is 19.7. The molecule has 2 aromatic heterocycles. The minimum Gasteiger partial charge on any atom is -0.451 e. The molecule has 142 valence electrons. The molecule has 0 atom stereocenters. The second-order valence-electron chi connectivity index (χ2n) is 6.30. The van der Waals surface area contributed by atoms with E-state index in [1.807, 2.05) is 6.92 Å². The Labute approximate surface area is 175 Å². The summed E-state index contributed by atoms with van der Waals surface area (Å²) >= 11 is 8.96. The summed E-state index contributed by atoms with van der Waals surface area (Å²) in [6.07, 6.45) is 0. The Morgan fingerprint density at radius 3 is 2.75 bits per heavy atom. The first-order chi connectivity index (χ1) is 13.5. The van der Waals surface area contributed by atoms with Gasteiger partial charge in [-0.3, -0.25) is 10.1 Å². The fourth-order valence-electron chi connectivity index (χ4n) is 2.71. The van der Waals surface area contributed by atoms with E-state index < -0.39 is 0 Å². The van der Waals surface area contributed by atoms with E-state index in [4.69, 9.17) is 16.0 Å². The van der Waals surface area contributed by atoms with Crippen LogP contribution in [0.2, 0.25) is 5.02 Å². The number of nitrogens with zero attached hydrogens (tertiary/aromatic N) is 2. The van der Waals surface area contributed by atoms with Crippen LogP contribution in [0.4, 0.5) is 5.13 Å². The Bertz CT molecular complexity index is 1150. The van der Waals surface area contributed by atoms with E-state index in [2.05, 4.69) is 46.7 Å². The fourth-order valence-corrected chi connectivity index (χ4v) is 4.59. The molecule has 0 bridgehead atoms. The van der Waals surface area contributed by atoms with Gasteiger partial charge >= 0.3 is 0 Å². The van der Waals surface area contributed by atoms with Gasteiger partial charge in [-0.15, -0.1) is 10.2 Å². The molecule has 0 spiro atoms. The summed E-state index contributed by atoms with van der Waals surface area (Å²) in [4.78, 5) is 12.6. The van der Waals surface area contributed by atoms with Crippen molar-refractivity contribution in [2.45, 2.75) is 23.9 Å². The van der Waals surface area contributed by atoms with Crippen LogP contribution in [-0.2, 0) is 5.75 Å². The largest absolute Gasteiger partial charge is 0.451 e. The Morgan fingerprint density at radius 2 is 1.96 bits per heavy atom. The predicted molar refractivity (Wildman–Crippen MR) is 115 cm³/mol. The number of aryl methyl sites for hydroxylation is 2. The summed E-state index contributed by atoms with van der Waals surface area (Å²) in [6.45, 7) is 3.90. The zero-order valence-corrected chi connectivity index (χ0v) is 17.5. The maximum Gasteiger partial charge on any atom is 0.293 e. The minimum absolute atomic E-state index is 0.251. The van der Waals surface area contributed by atoms with Crippen molar-refractivity contribution in [2.24, 2.45) is 0 Å². The number of furan rings is 1. The molecule has 0 fully saturated rings. The van der Waals surface area contributed by atoms with Crippen LogP contribution < -0.4 is 5.32 Å². The number of thioether (sulfide) groups is 1. The minimum atomic E-state index is -0.351. The molecule has 0 aliphatic heterocycles. The second-order valence-corrected chi connectivity index (χ2v) is 8.93. The van der Waals surface area contributed by atoms with Gasteiger partial charge in [0.15, 0.2) is 10.1 Å². The van der Waals surface area contributed by atoms with Crippen LogP contribution in [0.1, 0.15) is 27.2 Å². The SMILES string of the molecule is Cc1ccc(CSc2nnc(NC(=O)c3oc4ccc(Cl)cc4c3C)s2)cc1. The number of hydrogen-bond acceptors (Lipinski definition) is 6. The van der Waals surface area contributed by atoms with E-state index >= 15 is 0 Å². The van der Waals surface area contributed by atoms with Crippen LogP contribution in [-0.4, -0.2) is 16.1 Å². The number of nitrogens with one attached hydrogen (secondary N) is 1. The number of carbonyl (C=O) groups excluding carboxylic acids is 1. The maximum absolute atomic E-state index is 12.6. The number of anilines is 1. The molecule has 1 amide bonds. The van der Waals surface area contributed by atoms with Crippen LogP contribution >= 0.6 is 34.7 Å². The van der Waals surface area contributed by atoms with Crippen molar-refractivity contribution in [3.05, 3.63) is 69.9 Å². The fraction of sp³-hybridized carbons (Fsp3) is 0.150. The standard InChI is InChI=1S/C20H16ClN3O2S2/c1-11-3-5-13(6-4-11)10-27-20-24-23-19(28-20)22-18(25)17-12(2)15-9-14(21)7-8-16(15)26-17/h3-9H,10H2,1-2H3,(H,22,23,25). The number of amides is 1. The highest BCUT2D eigenvalue weighted by molar-refractivity contribution is 8.00. The Morgan fingerprint density at radius 1 is 1.18 bits per heavy atom. The van der Waals surface area contributed by atoms with Crippen molar-refractivity contribution in [3.8, 4) is 0 Å². The third-order valence-corrected chi connectivity index (χ3v) is 6.49. The molecule has 0 aliphatic carbocycles. The van der Waals surface area contributed by atoms with Crippen LogP contribution in [0.25, 0.3) is 11.0 Å². The lowest BCUT2D eigenvalue weighted by Crippen LogP contribution is -2.11. The van der Waals surface area contributed by atoms with Crippen molar-refractivity contribution in [1.29, 1.82) is 0 Å². The summed E-state index contributed by atoms with van der Waals surface area (Å²) in [5.41, 5.74) is 3.82. The zero-order valence-electron chi connectivity index (χ0n) is 15.2. The molecule has 5 nitrogen and oxygen atoms in total. The molecule has 0 saturated carbocycles. The second kappa shape index (κ2) is 7.95. The number of rotatable bonds is 5. The lowest BCUT2D eigenvalue weighted by molar-refractivity contribution is 0.0998. The maximum atomic E-state index is 12.6. The topological polar surface area (TPSA) is 68.0 Å². The highest BCUT2D eigenvalue weighted by Crippen LogP contribution is 2.31. The van der Waals surface area contributed by atoms with Crippen molar-refractivity contribution in [1.82, 2.24) is 10.2 Å². The van der Waals surface area contributed by atoms with Gasteiger partial charge in [0.25, 0.3) is 5.91 Å². The summed E-state index contributed by atoms with van der Waals surface area (Å²) in [7, 11) is 0. The van der Waals surface area contributed by atoms with E-state index in [1.54, 1.807) is 30.0 Å². The van der Waals surface area contributed by atoms with Gasteiger partial charge in [0.2, 0.25) is 5.13 Å². The van der Waals surface area contributed by atoms with Crippen molar-refractivity contribution in [3.63, 3.8) is 0 Å². The molecule has 2 aromatic carbocycles. The third kappa shape index (κ3) is 4.06. The van der Waals surface area contributed by atoms with Crippen LogP contribution in [0.15, 0.2) is 51.2 Å². The molecule has 4 rings (SSSR count). The van der Waals surface area contributed by atoms with Gasteiger partial charge < -0.3 is 4.42 Å². The molecule has 28 heavy (non-hydrogen) atoms. The lowest BCUT2D eigenvalue weighted by Gasteiger charge is -1.99. The highest BCUT2D eigenvalue weighted by Gasteiger charge is 2.19. The number of hydrogen-bond donors (Lipinski definition) is 1.